The fourth-order valence-corrected chi connectivity index (χ4v) is 4.51. The van der Waals surface area contributed by atoms with E-state index in [2.05, 4.69) is 10.2 Å². The van der Waals surface area contributed by atoms with E-state index in [-0.39, 0.29) is 42.6 Å². The maximum Gasteiger partial charge on any atom is 0.423 e. The summed E-state index contributed by atoms with van der Waals surface area (Å²) in [7, 11) is 0. The van der Waals surface area contributed by atoms with Crippen molar-refractivity contribution in [2.75, 3.05) is 0 Å². The molecular weight excluding hydrogens is 445 g/mol. The molecule has 0 unspecified atom stereocenters. The Kier molecular flexibility index (Phi) is 5.30. The van der Waals surface area contributed by atoms with Gasteiger partial charge in [0.25, 0.3) is 0 Å². The van der Waals surface area contributed by atoms with Gasteiger partial charge in [0.15, 0.2) is 17.3 Å². The first-order valence-corrected chi connectivity index (χ1v) is 10.9. The second-order valence-corrected chi connectivity index (χ2v) is 8.99. The van der Waals surface area contributed by atoms with Crippen LogP contribution in [0.25, 0.3) is 5.65 Å². The number of fused-ring (bicyclic) bond motifs is 1. The molecule has 2 heterocycles. The van der Waals surface area contributed by atoms with Crippen molar-refractivity contribution in [3.63, 3.8) is 0 Å². The zero-order valence-corrected chi connectivity index (χ0v) is 17.6. The highest BCUT2D eigenvalue weighted by Gasteiger charge is 2.41. The third-order valence-electron chi connectivity index (χ3n) is 6.57. The van der Waals surface area contributed by atoms with Crippen LogP contribution in [-0.2, 0) is 18.2 Å². The maximum atomic E-state index is 14.0. The highest BCUT2D eigenvalue weighted by atomic mass is 19.4. The van der Waals surface area contributed by atoms with Gasteiger partial charge in [-0.15, -0.1) is 10.2 Å². The summed E-state index contributed by atoms with van der Waals surface area (Å²) in [6.45, 7) is 0. The second kappa shape index (κ2) is 7.93. The van der Waals surface area contributed by atoms with Gasteiger partial charge in [0.1, 0.15) is 17.1 Å². The Labute approximate surface area is 186 Å². The highest BCUT2D eigenvalue weighted by molar-refractivity contribution is 5.57. The summed E-state index contributed by atoms with van der Waals surface area (Å²) < 4.78 is 75.8. The van der Waals surface area contributed by atoms with E-state index in [1.165, 1.54) is 22.7 Å². The molecule has 0 saturated heterocycles. The fraction of sp³-hybridized carbons (Fsp3) is 0.478. The van der Waals surface area contributed by atoms with Gasteiger partial charge in [-0.25, -0.2) is 8.78 Å². The molecule has 0 spiro atoms. The normalized spacial score (nSPS) is 23.8. The van der Waals surface area contributed by atoms with Gasteiger partial charge in [-0.1, -0.05) is 6.07 Å². The Hall–Kier alpha value is -2.75. The summed E-state index contributed by atoms with van der Waals surface area (Å²) in [6, 6.07) is 4.51. The van der Waals surface area contributed by atoms with E-state index in [1.807, 2.05) is 0 Å². The Morgan fingerprint density at radius 2 is 1.76 bits per heavy atom. The highest BCUT2D eigenvalue weighted by Crippen LogP contribution is 2.43. The molecule has 2 saturated carbocycles. The molecule has 1 N–H and O–H groups in total. The summed E-state index contributed by atoms with van der Waals surface area (Å²) in [4.78, 5) is 0. The van der Waals surface area contributed by atoms with Crippen molar-refractivity contribution < 1.29 is 31.8 Å². The average molecular weight is 467 g/mol. The predicted molar refractivity (Wildman–Crippen MR) is 108 cm³/mol. The van der Waals surface area contributed by atoms with Crippen molar-refractivity contribution >= 4 is 5.65 Å². The molecule has 0 amide bonds. The number of hydrogen-bond donors (Lipinski definition) is 1. The molecular formula is C23H22F5N3O2. The quantitative estimate of drug-likeness (QED) is 0.525. The van der Waals surface area contributed by atoms with E-state index in [0.717, 1.165) is 25.0 Å². The SMILES string of the molecule is O[C@]1(c2ccc(F)c(F)c2)CC[C@H](Oc2ccn3c(CC4CC4)nnc3c2C(F)(F)F)CC1. The molecule has 3 aromatic rings. The number of rotatable bonds is 5. The Bertz CT molecular complexity index is 1180. The minimum Gasteiger partial charge on any atom is -0.490 e. The zero-order chi connectivity index (χ0) is 23.4. The van der Waals surface area contributed by atoms with Crippen LogP contribution in [0.2, 0.25) is 0 Å². The van der Waals surface area contributed by atoms with E-state index in [4.69, 9.17) is 4.74 Å². The topological polar surface area (TPSA) is 59.7 Å². The van der Waals surface area contributed by atoms with Crippen LogP contribution in [0.15, 0.2) is 30.5 Å². The van der Waals surface area contributed by atoms with Crippen molar-refractivity contribution in [2.45, 2.75) is 62.8 Å². The van der Waals surface area contributed by atoms with Crippen LogP contribution in [0, 0.1) is 17.6 Å². The van der Waals surface area contributed by atoms with Crippen LogP contribution >= 0.6 is 0 Å². The third-order valence-corrected chi connectivity index (χ3v) is 6.57. The summed E-state index contributed by atoms with van der Waals surface area (Å²) in [5.41, 5.74) is -2.41. The van der Waals surface area contributed by atoms with E-state index in [0.29, 0.717) is 18.2 Å². The van der Waals surface area contributed by atoms with Gasteiger partial charge in [-0.2, -0.15) is 13.2 Å². The lowest BCUT2D eigenvalue weighted by atomic mass is 9.78. The molecule has 176 valence electrons. The number of aromatic nitrogens is 3. The van der Waals surface area contributed by atoms with Gasteiger partial charge < -0.3 is 9.84 Å². The summed E-state index contributed by atoms with van der Waals surface area (Å²) in [6.07, 6.45) is -0.319. The predicted octanol–water partition coefficient (Wildman–Crippen LogP) is 5.19. The smallest absolute Gasteiger partial charge is 0.423 e. The van der Waals surface area contributed by atoms with Crippen molar-refractivity contribution in [1.29, 1.82) is 0 Å². The van der Waals surface area contributed by atoms with Crippen LogP contribution in [0.5, 0.6) is 5.75 Å². The molecule has 0 atom stereocenters. The van der Waals surface area contributed by atoms with Crippen molar-refractivity contribution in [3.8, 4) is 5.75 Å². The van der Waals surface area contributed by atoms with Crippen LogP contribution in [0.1, 0.15) is 55.5 Å². The van der Waals surface area contributed by atoms with Gasteiger partial charge in [0.05, 0.1) is 11.7 Å². The lowest BCUT2D eigenvalue weighted by molar-refractivity contribution is -0.138. The molecule has 33 heavy (non-hydrogen) atoms. The Morgan fingerprint density at radius 3 is 2.39 bits per heavy atom. The molecule has 5 rings (SSSR count). The van der Waals surface area contributed by atoms with Crippen molar-refractivity contribution in [1.82, 2.24) is 14.6 Å². The lowest BCUT2D eigenvalue weighted by Gasteiger charge is -2.36. The summed E-state index contributed by atoms with van der Waals surface area (Å²) in [5.74, 6) is -1.46. The molecule has 2 aliphatic rings. The van der Waals surface area contributed by atoms with E-state index in [1.54, 1.807) is 0 Å². The third kappa shape index (κ3) is 4.28. The van der Waals surface area contributed by atoms with Crippen LogP contribution in [-0.4, -0.2) is 25.8 Å². The summed E-state index contributed by atoms with van der Waals surface area (Å²) in [5, 5.41) is 18.7. The minimum atomic E-state index is -4.69. The van der Waals surface area contributed by atoms with Crippen LogP contribution < -0.4 is 4.74 Å². The lowest BCUT2D eigenvalue weighted by Crippen LogP contribution is -2.36. The van der Waals surface area contributed by atoms with Crippen molar-refractivity contribution in [3.05, 3.63) is 59.0 Å². The first kappa shape index (κ1) is 22.1. The first-order valence-electron chi connectivity index (χ1n) is 10.9. The van der Waals surface area contributed by atoms with Gasteiger partial charge in [0, 0.05) is 12.6 Å². The summed E-state index contributed by atoms with van der Waals surface area (Å²) >= 11 is 0. The molecule has 2 aromatic heterocycles. The largest absolute Gasteiger partial charge is 0.490 e. The first-order chi connectivity index (χ1) is 15.6. The Balaban J connectivity index is 1.36. The monoisotopic (exact) mass is 467 g/mol. The molecule has 2 aliphatic carbocycles. The van der Waals surface area contributed by atoms with Crippen LogP contribution in [0.3, 0.4) is 0 Å². The Morgan fingerprint density at radius 1 is 1.03 bits per heavy atom. The number of ether oxygens (including phenoxy) is 1. The van der Waals surface area contributed by atoms with Gasteiger partial charge in [-0.05, 0) is 68.2 Å². The zero-order valence-electron chi connectivity index (χ0n) is 17.6. The number of pyridine rings is 1. The van der Waals surface area contributed by atoms with Gasteiger partial charge in [-0.3, -0.25) is 4.40 Å². The number of benzene rings is 1. The van der Waals surface area contributed by atoms with Crippen LogP contribution in [0.4, 0.5) is 22.0 Å². The number of nitrogens with zero attached hydrogens (tertiary/aromatic N) is 3. The van der Waals surface area contributed by atoms with Crippen molar-refractivity contribution in [2.24, 2.45) is 5.92 Å². The molecule has 0 radical (unpaired) electrons. The molecule has 10 heteroatoms. The molecule has 5 nitrogen and oxygen atoms in total. The number of halogens is 5. The number of aliphatic hydroxyl groups is 1. The van der Waals surface area contributed by atoms with E-state index < -0.39 is 35.1 Å². The average Bonchev–Trinajstić information content (AvgIpc) is 3.49. The number of hydrogen-bond acceptors (Lipinski definition) is 4. The van der Waals surface area contributed by atoms with Gasteiger partial charge >= 0.3 is 6.18 Å². The van der Waals surface area contributed by atoms with E-state index in [9.17, 15) is 27.1 Å². The minimum absolute atomic E-state index is 0.142. The molecule has 1 aromatic carbocycles. The van der Waals surface area contributed by atoms with Gasteiger partial charge in [0.2, 0.25) is 0 Å². The fourth-order valence-electron chi connectivity index (χ4n) is 4.51. The second-order valence-electron chi connectivity index (χ2n) is 8.99. The maximum absolute atomic E-state index is 14.0. The molecule has 0 aliphatic heterocycles. The van der Waals surface area contributed by atoms with E-state index >= 15 is 0 Å². The number of alkyl halides is 3. The molecule has 2 fully saturated rings. The molecule has 0 bridgehead atoms. The standard InChI is InChI=1S/C23H22F5N3O2/c24-16-4-3-14(12-17(16)25)22(32)8-5-15(6-9-22)33-18-7-10-31-19(11-13-1-2-13)29-30-21(31)20(18)23(26,27)28/h3-4,7,10,12-13,15,32H,1-2,5-6,8-9,11H2/t15-,22+.